The number of hydrogen-bond acceptors (Lipinski definition) is 5. The maximum absolute atomic E-state index is 11.6. The van der Waals surface area contributed by atoms with Gasteiger partial charge in [-0.3, -0.25) is 4.79 Å². The molecule has 1 aromatic carbocycles. The molecule has 0 aliphatic heterocycles. The summed E-state index contributed by atoms with van der Waals surface area (Å²) in [7, 11) is 1.39. The number of rotatable bonds is 4. The van der Waals surface area contributed by atoms with Crippen LogP contribution < -0.4 is 0 Å². The first-order valence-electron chi connectivity index (χ1n) is 8.57. The minimum absolute atomic E-state index is 0.141. The lowest BCUT2D eigenvalue weighted by atomic mass is 9.92. The summed E-state index contributed by atoms with van der Waals surface area (Å²) in [5.74, 6) is -0.0574. The van der Waals surface area contributed by atoms with E-state index < -0.39 is 0 Å². The number of ether oxygens (including phenoxy) is 1. The highest BCUT2D eigenvalue weighted by molar-refractivity contribution is 7.99. The maximum atomic E-state index is 11.6. The summed E-state index contributed by atoms with van der Waals surface area (Å²) in [6.45, 7) is 8.31. The molecule has 2 heterocycles. The van der Waals surface area contributed by atoms with Crippen molar-refractivity contribution >= 4 is 35.0 Å². The Morgan fingerprint density at radius 1 is 1.26 bits per heavy atom. The number of esters is 1. The lowest BCUT2D eigenvalue weighted by molar-refractivity contribution is -0.137. The minimum Gasteiger partial charge on any atom is -0.468 e. The molecule has 142 valence electrons. The number of carbonyl (C=O) groups is 1. The first-order chi connectivity index (χ1) is 12.7. The van der Waals surface area contributed by atoms with Crippen LogP contribution >= 0.6 is 23.4 Å². The summed E-state index contributed by atoms with van der Waals surface area (Å²) in [5, 5.41) is 6.23. The highest BCUT2D eigenvalue weighted by Gasteiger charge is 2.22. The Morgan fingerprint density at radius 2 is 1.93 bits per heavy atom. The van der Waals surface area contributed by atoms with E-state index in [-0.39, 0.29) is 17.1 Å². The van der Waals surface area contributed by atoms with Crippen LogP contribution in [0.1, 0.15) is 32.2 Å². The van der Waals surface area contributed by atoms with Gasteiger partial charge >= 0.3 is 5.97 Å². The predicted octanol–water partition coefficient (Wildman–Crippen LogP) is 4.92. The third-order valence-electron chi connectivity index (χ3n) is 4.20. The fraction of sp³-hybridized carbons (Fsp3) is 0.350. The number of aryl methyl sites for hydroxylation is 1. The summed E-state index contributed by atoms with van der Waals surface area (Å²) >= 11 is 7.44. The lowest BCUT2D eigenvalue weighted by Crippen LogP contribution is -2.15. The van der Waals surface area contributed by atoms with E-state index in [2.05, 4.69) is 25.9 Å². The van der Waals surface area contributed by atoms with Crippen molar-refractivity contribution in [2.24, 2.45) is 0 Å². The van der Waals surface area contributed by atoms with Gasteiger partial charge in [-0.1, -0.05) is 56.3 Å². The number of aromatic nitrogens is 3. The molecule has 0 atom stereocenters. The molecule has 5 nitrogen and oxygen atoms in total. The molecule has 7 heteroatoms. The Bertz CT molecular complexity index is 991. The first-order valence-corrected chi connectivity index (χ1v) is 9.93. The Labute approximate surface area is 168 Å². The molecule has 27 heavy (non-hydrogen) atoms. The van der Waals surface area contributed by atoms with E-state index in [4.69, 9.17) is 21.3 Å². The number of benzene rings is 1. The number of nitrogens with zero attached hydrogens (tertiary/aromatic N) is 3. The zero-order chi connectivity index (χ0) is 19.8. The van der Waals surface area contributed by atoms with Crippen LogP contribution in [0, 0.1) is 6.92 Å². The van der Waals surface area contributed by atoms with E-state index in [1.807, 2.05) is 41.8 Å². The second-order valence-electron chi connectivity index (χ2n) is 7.30. The van der Waals surface area contributed by atoms with Crippen LogP contribution in [0.25, 0.3) is 16.8 Å². The van der Waals surface area contributed by atoms with E-state index in [1.165, 1.54) is 18.9 Å². The molecule has 0 saturated carbocycles. The van der Waals surface area contributed by atoms with Gasteiger partial charge in [0.15, 0.2) is 5.65 Å². The Balaban J connectivity index is 2.21. The van der Waals surface area contributed by atoms with Crippen LogP contribution in [0.2, 0.25) is 5.02 Å². The quantitative estimate of drug-likeness (QED) is 0.351. The number of halogens is 1. The van der Waals surface area contributed by atoms with Crippen LogP contribution in [0.5, 0.6) is 0 Å². The standard InChI is InChI=1S/C20H22ClN3O2S/c1-12-18(13-6-8-14(21)9-7-13)19-22-15(20(2,3)4)10-16(24(19)23-12)27-11-17(25)26-5/h6-10H,11H2,1-5H3. The Kier molecular flexibility index (Phi) is 5.49. The third kappa shape index (κ3) is 4.12. The molecule has 0 bridgehead atoms. The highest BCUT2D eigenvalue weighted by Crippen LogP contribution is 2.33. The van der Waals surface area contributed by atoms with E-state index in [1.54, 1.807) is 0 Å². The van der Waals surface area contributed by atoms with Gasteiger partial charge in [0.2, 0.25) is 0 Å². The zero-order valence-corrected chi connectivity index (χ0v) is 17.6. The third-order valence-corrected chi connectivity index (χ3v) is 5.42. The fourth-order valence-corrected chi connectivity index (χ4v) is 3.68. The number of fused-ring (bicyclic) bond motifs is 1. The van der Waals surface area contributed by atoms with E-state index in [0.29, 0.717) is 5.02 Å². The van der Waals surface area contributed by atoms with Gasteiger partial charge < -0.3 is 4.74 Å². The number of carbonyl (C=O) groups excluding carboxylic acids is 1. The molecular formula is C20H22ClN3O2S. The Morgan fingerprint density at radius 3 is 2.52 bits per heavy atom. The van der Waals surface area contributed by atoms with Crippen molar-refractivity contribution in [2.45, 2.75) is 38.1 Å². The van der Waals surface area contributed by atoms with E-state index in [9.17, 15) is 4.79 Å². The van der Waals surface area contributed by atoms with Gasteiger partial charge in [-0.15, -0.1) is 0 Å². The monoisotopic (exact) mass is 403 g/mol. The van der Waals surface area contributed by atoms with Gasteiger partial charge in [0.05, 0.1) is 24.3 Å². The summed E-state index contributed by atoms with van der Waals surface area (Å²) in [6.07, 6.45) is 0. The van der Waals surface area contributed by atoms with Crippen molar-refractivity contribution in [1.29, 1.82) is 0 Å². The van der Waals surface area contributed by atoms with Crippen molar-refractivity contribution in [2.75, 3.05) is 12.9 Å². The molecule has 0 amide bonds. The van der Waals surface area contributed by atoms with Crippen LogP contribution in [0.15, 0.2) is 35.4 Å². The van der Waals surface area contributed by atoms with Gasteiger partial charge in [0.25, 0.3) is 0 Å². The van der Waals surface area contributed by atoms with Gasteiger partial charge in [-0.05, 0) is 30.7 Å². The summed E-state index contributed by atoms with van der Waals surface area (Å²) in [4.78, 5) is 16.5. The molecule has 0 spiro atoms. The minimum atomic E-state index is -0.274. The summed E-state index contributed by atoms with van der Waals surface area (Å²) < 4.78 is 6.58. The molecular weight excluding hydrogens is 382 g/mol. The van der Waals surface area contributed by atoms with Gasteiger partial charge in [-0.25, -0.2) is 9.50 Å². The average molecular weight is 404 g/mol. The highest BCUT2D eigenvalue weighted by atomic mass is 35.5. The Hall–Kier alpha value is -2.05. The van der Waals surface area contributed by atoms with Crippen molar-refractivity contribution in [3.8, 4) is 11.1 Å². The van der Waals surface area contributed by atoms with Crippen LogP contribution in [-0.2, 0) is 14.9 Å². The van der Waals surface area contributed by atoms with Gasteiger partial charge in [0.1, 0.15) is 5.03 Å². The van der Waals surface area contributed by atoms with Crippen molar-refractivity contribution < 1.29 is 9.53 Å². The van der Waals surface area contributed by atoms with E-state index in [0.717, 1.165) is 33.2 Å². The SMILES string of the molecule is COC(=O)CSc1cc(C(C)(C)C)nc2c(-c3ccc(Cl)cc3)c(C)nn12. The first kappa shape index (κ1) is 19.7. The predicted molar refractivity (Wildman–Crippen MR) is 110 cm³/mol. The zero-order valence-electron chi connectivity index (χ0n) is 16.0. The molecule has 0 N–H and O–H groups in total. The molecule has 0 unspecified atom stereocenters. The fourth-order valence-electron chi connectivity index (χ4n) is 2.73. The van der Waals surface area contributed by atoms with E-state index >= 15 is 0 Å². The molecule has 0 fully saturated rings. The van der Waals surface area contributed by atoms with Gasteiger partial charge in [-0.2, -0.15) is 5.10 Å². The number of methoxy groups -OCH3 is 1. The number of thioether (sulfide) groups is 1. The molecule has 0 radical (unpaired) electrons. The normalized spacial score (nSPS) is 11.8. The topological polar surface area (TPSA) is 56.5 Å². The summed E-state index contributed by atoms with van der Waals surface area (Å²) in [6, 6.07) is 9.66. The lowest BCUT2D eigenvalue weighted by Gasteiger charge is -2.19. The second kappa shape index (κ2) is 7.52. The van der Waals surface area contributed by atoms with Crippen LogP contribution in [-0.4, -0.2) is 33.4 Å². The second-order valence-corrected chi connectivity index (χ2v) is 8.73. The summed E-state index contributed by atoms with van der Waals surface area (Å²) in [5.41, 5.74) is 4.42. The van der Waals surface area contributed by atoms with Crippen molar-refractivity contribution in [3.05, 3.63) is 46.7 Å². The van der Waals surface area contributed by atoms with Crippen LogP contribution in [0.4, 0.5) is 0 Å². The molecule has 0 aliphatic rings. The van der Waals surface area contributed by atoms with Gasteiger partial charge in [0, 0.05) is 16.0 Å². The molecule has 3 aromatic rings. The maximum Gasteiger partial charge on any atom is 0.316 e. The molecule has 2 aromatic heterocycles. The van der Waals surface area contributed by atoms with Crippen molar-refractivity contribution in [3.63, 3.8) is 0 Å². The smallest absolute Gasteiger partial charge is 0.316 e. The van der Waals surface area contributed by atoms with Crippen molar-refractivity contribution in [1.82, 2.24) is 14.6 Å². The molecule has 0 saturated heterocycles. The largest absolute Gasteiger partial charge is 0.468 e. The van der Waals surface area contributed by atoms with Crippen LogP contribution in [0.3, 0.4) is 0 Å². The molecule has 0 aliphatic carbocycles. The average Bonchev–Trinajstić information content (AvgIpc) is 2.95. The molecule has 3 rings (SSSR count). The number of hydrogen-bond donors (Lipinski definition) is 0.